The second kappa shape index (κ2) is 3.78. The van der Waals surface area contributed by atoms with Crippen molar-refractivity contribution in [3.63, 3.8) is 0 Å². The predicted octanol–water partition coefficient (Wildman–Crippen LogP) is 3.22. The lowest BCUT2D eigenvalue weighted by atomic mass is 10.6. The van der Waals surface area contributed by atoms with Gasteiger partial charge in [-0.25, -0.2) is 0 Å². The van der Waals surface area contributed by atoms with Gasteiger partial charge in [0, 0.05) is 6.04 Å². The van der Waals surface area contributed by atoms with E-state index in [-0.39, 0.29) is 0 Å². The van der Waals surface area contributed by atoms with Gasteiger partial charge in [0.05, 0.1) is 0 Å². The minimum absolute atomic E-state index is 0.619. The van der Waals surface area contributed by atoms with Crippen LogP contribution >= 0.6 is 33.2 Å². The van der Waals surface area contributed by atoms with Crippen LogP contribution in [0, 0.1) is 0 Å². The monoisotopic (exact) mass is 188 g/mol. The number of allylic oxidation sites excluding steroid dienone is 2. The van der Waals surface area contributed by atoms with Crippen LogP contribution in [0.5, 0.6) is 0 Å². The quantitative estimate of drug-likeness (QED) is 0.356. The van der Waals surface area contributed by atoms with Gasteiger partial charge in [-0.05, 0) is 6.92 Å². The third-order valence-electron chi connectivity index (χ3n) is 0.585. The van der Waals surface area contributed by atoms with Crippen molar-refractivity contribution in [2.45, 2.75) is 13.0 Å². The Morgan fingerprint density at radius 1 is 1.38 bits per heavy atom. The van der Waals surface area contributed by atoms with Crippen LogP contribution in [0.4, 0.5) is 0 Å². The summed E-state index contributed by atoms with van der Waals surface area (Å²) in [4.78, 5) is 0. The van der Waals surface area contributed by atoms with E-state index < -0.39 is 6.00 Å². The Labute approximate surface area is 64.6 Å². The lowest BCUT2D eigenvalue weighted by Crippen LogP contribution is -2.05. The fourth-order valence-electron chi connectivity index (χ4n) is 0.251. The normalized spacial score (nSPS) is 13.0. The van der Waals surface area contributed by atoms with Crippen LogP contribution in [-0.4, -0.2) is 6.00 Å². The molecule has 0 aromatic heterocycles. The molecule has 0 radical (unpaired) electrons. The summed E-state index contributed by atoms with van der Waals surface area (Å²) in [5.74, 6) is 0. The number of hydrogen-bond acceptors (Lipinski definition) is 0. The second-order valence-corrected chi connectivity index (χ2v) is 10.6. The first kappa shape index (κ1) is 8.83. The molecule has 0 amide bonds. The molecule has 8 heavy (non-hydrogen) atoms. The van der Waals surface area contributed by atoms with Crippen LogP contribution in [0.25, 0.3) is 0 Å². The molecule has 0 spiro atoms. The number of halogens is 3. The van der Waals surface area contributed by atoms with E-state index in [1.54, 1.807) is 0 Å². The van der Waals surface area contributed by atoms with Gasteiger partial charge in [-0.1, -0.05) is 12.2 Å². The average molecular weight is 190 g/mol. The minimum Gasteiger partial charge on any atom is -0.126 e. The molecule has 0 aliphatic carbocycles. The minimum atomic E-state index is -2.35. The number of hydrogen-bond donors (Lipinski definition) is 0. The molecule has 0 aromatic carbocycles. The highest BCUT2D eigenvalue weighted by molar-refractivity contribution is 7.64. The van der Waals surface area contributed by atoms with Gasteiger partial charge in [0.15, 0.2) is 0 Å². The van der Waals surface area contributed by atoms with E-state index in [9.17, 15) is 0 Å². The molecule has 0 aliphatic heterocycles. The maximum atomic E-state index is 5.53. The highest BCUT2D eigenvalue weighted by atomic mass is 35.8. The van der Waals surface area contributed by atoms with Crippen molar-refractivity contribution >= 4 is 39.2 Å². The highest BCUT2D eigenvalue weighted by Crippen LogP contribution is 2.24. The summed E-state index contributed by atoms with van der Waals surface area (Å²) in [7, 11) is 0. The van der Waals surface area contributed by atoms with E-state index in [0.717, 1.165) is 0 Å². The molecule has 0 unspecified atom stereocenters. The van der Waals surface area contributed by atoms with E-state index in [0.29, 0.717) is 6.04 Å². The summed E-state index contributed by atoms with van der Waals surface area (Å²) < 4.78 is 0. The SMILES string of the molecule is CC=CC[Si](Cl)(Cl)Cl. The van der Waals surface area contributed by atoms with Gasteiger partial charge in [0.25, 0.3) is 0 Å². The van der Waals surface area contributed by atoms with Gasteiger partial charge < -0.3 is 0 Å². The van der Waals surface area contributed by atoms with Crippen LogP contribution < -0.4 is 0 Å². The van der Waals surface area contributed by atoms with Crippen LogP contribution in [0.1, 0.15) is 6.92 Å². The van der Waals surface area contributed by atoms with Crippen molar-refractivity contribution in [2.24, 2.45) is 0 Å². The van der Waals surface area contributed by atoms with Crippen LogP contribution in [-0.2, 0) is 0 Å². The highest BCUT2D eigenvalue weighted by Gasteiger charge is 2.21. The van der Waals surface area contributed by atoms with Gasteiger partial charge in [-0.2, -0.15) is 0 Å². The van der Waals surface area contributed by atoms with Gasteiger partial charge in [0.1, 0.15) is 0 Å². The van der Waals surface area contributed by atoms with Gasteiger partial charge in [0.2, 0.25) is 0 Å². The Morgan fingerprint density at radius 3 is 2.00 bits per heavy atom. The third kappa shape index (κ3) is 6.83. The van der Waals surface area contributed by atoms with E-state index in [1.165, 1.54) is 0 Å². The summed E-state index contributed by atoms with van der Waals surface area (Å²) in [6.45, 7) is 1.91. The Bertz CT molecular complexity index is 83.8. The molecule has 0 saturated heterocycles. The summed E-state index contributed by atoms with van der Waals surface area (Å²) in [6, 6.07) is -1.73. The topological polar surface area (TPSA) is 0 Å². The summed E-state index contributed by atoms with van der Waals surface area (Å²) >= 11 is 16.6. The third-order valence-corrected chi connectivity index (χ3v) is 2.67. The number of rotatable bonds is 2. The first-order chi connectivity index (χ1) is 3.56. The fraction of sp³-hybridized carbons (Fsp3) is 0.500. The Kier molecular flexibility index (Phi) is 4.17. The van der Waals surface area contributed by atoms with Crippen molar-refractivity contribution in [1.29, 1.82) is 0 Å². The zero-order valence-corrected chi connectivity index (χ0v) is 7.76. The molecule has 0 atom stereocenters. The van der Waals surface area contributed by atoms with Crippen molar-refractivity contribution in [1.82, 2.24) is 0 Å². The molecule has 0 fully saturated rings. The second-order valence-electron chi connectivity index (χ2n) is 1.39. The van der Waals surface area contributed by atoms with Crippen molar-refractivity contribution in [3.8, 4) is 0 Å². The first-order valence-electron chi connectivity index (χ1n) is 2.24. The lowest BCUT2D eigenvalue weighted by Gasteiger charge is -2.00. The van der Waals surface area contributed by atoms with E-state index in [4.69, 9.17) is 33.2 Å². The first-order valence-corrected chi connectivity index (χ1v) is 7.48. The van der Waals surface area contributed by atoms with Crippen LogP contribution in [0.2, 0.25) is 6.04 Å². The molecule has 0 aromatic rings. The Balaban J connectivity index is 3.39. The molecule has 0 heterocycles. The van der Waals surface area contributed by atoms with E-state index in [1.807, 2.05) is 19.1 Å². The molecule has 0 saturated carbocycles. The molecular weight excluding hydrogens is 182 g/mol. The maximum Gasteiger partial charge on any atom is 0.344 e. The smallest absolute Gasteiger partial charge is 0.126 e. The standard InChI is InChI=1S/C4H7Cl3Si/c1-2-3-4-8(5,6)7/h2-3H,4H2,1H3. The van der Waals surface area contributed by atoms with Crippen molar-refractivity contribution in [3.05, 3.63) is 12.2 Å². The molecule has 0 bridgehead atoms. The average Bonchev–Trinajstić information content (AvgIpc) is 1.59. The lowest BCUT2D eigenvalue weighted by molar-refractivity contribution is 1.61. The summed E-state index contributed by atoms with van der Waals surface area (Å²) in [5.41, 5.74) is 0. The van der Waals surface area contributed by atoms with Crippen LogP contribution in [0.15, 0.2) is 12.2 Å². The van der Waals surface area contributed by atoms with Gasteiger partial charge >= 0.3 is 6.00 Å². The fourth-order valence-corrected chi connectivity index (χ4v) is 1.56. The van der Waals surface area contributed by atoms with Crippen LogP contribution in [0.3, 0.4) is 0 Å². The molecule has 0 aliphatic rings. The molecule has 0 rings (SSSR count). The van der Waals surface area contributed by atoms with E-state index in [2.05, 4.69) is 0 Å². The van der Waals surface area contributed by atoms with Gasteiger partial charge in [-0.3, -0.25) is 0 Å². The molecule has 0 N–H and O–H groups in total. The summed E-state index contributed by atoms with van der Waals surface area (Å²) in [6.07, 6.45) is 3.76. The Hall–Kier alpha value is 0.827. The molecule has 4 heteroatoms. The zero-order chi connectivity index (χ0) is 6.62. The molecule has 48 valence electrons. The van der Waals surface area contributed by atoms with Crippen molar-refractivity contribution in [2.75, 3.05) is 0 Å². The van der Waals surface area contributed by atoms with Gasteiger partial charge in [-0.15, -0.1) is 33.2 Å². The Morgan fingerprint density at radius 2 is 1.88 bits per heavy atom. The molecular formula is C4H7Cl3Si. The predicted molar refractivity (Wildman–Crippen MR) is 42.9 cm³/mol. The maximum absolute atomic E-state index is 5.53. The largest absolute Gasteiger partial charge is 0.344 e. The summed E-state index contributed by atoms with van der Waals surface area (Å²) in [5, 5.41) is 0. The zero-order valence-electron chi connectivity index (χ0n) is 4.50. The molecule has 0 nitrogen and oxygen atoms in total. The van der Waals surface area contributed by atoms with E-state index >= 15 is 0 Å². The van der Waals surface area contributed by atoms with Crippen molar-refractivity contribution < 1.29 is 0 Å².